The summed E-state index contributed by atoms with van der Waals surface area (Å²) < 4.78 is 21.8. The third-order valence-electron chi connectivity index (χ3n) is 3.98. The van der Waals surface area contributed by atoms with Gasteiger partial charge in [-0.1, -0.05) is 0 Å². The number of nitrogens with zero attached hydrogens (tertiary/aromatic N) is 1. The number of nitrogens with one attached hydrogen (secondary N) is 1. The number of hydrogen-bond acceptors (Lipinski definition) is 7. The molecule has 0 atom stereocenters. The average Bonchev–Trinajstić information content (AvgIpc) is 3.15. The van der Waals surface area contributed by atoms with Crippen LogP contribution in [-0.4, -0.2) is 32.4 Å². The van der Waals surface area contributed by atoms with Crippen LogP contribution in [0.5, 0.6) is 23.0 Å². The summed E-state index contributed by atoms with van der Waals surface area (Å²) >= 11 is 1.53. The first-order valence-corrected chi connectivity index (χ1v) is 8.99. The topological polar surface area (TPSA) is 61.8 Å². The van der Waals surface area contributed by atoms with E-state index in [2.05, 4.69) is 10.3 Å². The molecule has 0 radical (unpaired) electrons. The van der Waals surface area contributed by atoms with E-state index in [1.54, 1.807) is 14.2 Å². The Morgan fingerprint density at radius 2 is 1.77 bits per heavy atom. The summed E-state index contributed by atoms with van der Waals surface area (Å²) in [7, 11) is 3.24. The van der Waals surface area contributed by atoms with E-state index in [0.29, 0.717) is 24.7 Å². The van der Waals surface area contributed by atoms with Crippen LogP contribution in [0, 0.1) is 0 Å². The molecule has 4 rings (SSSR count). The lowest BCUT2D eigenvalue weighted by atomic mass is 10.1. The maximum absolute atomic E-state index is 5.62. The lowest BCUT2D eigenvalue weighted by Gasteiger charge is -2.18. The molecule has 0 aliphatic carbocycles. The van der Waals surface area contributed by atoms with Gasteiger partial charge in [-0.05, 0) is 30.3 Å². The summed E-state index contributed by atoms with van der Waals surface area (Å²) in [4.78, 5) is 4.66. The number of ether oxygens (including phenoxy) is 4. The van der Waals surface area contributed by atoms with E-state index in [4.69, 9.17) is 18.9 Å². The first kappa shape index (κ1) is 16.5. The fourth-order valence-electron chi connectivity index (χ4n) is 2.70. The zero-order chi connectivity index (χ0) is 17.9. The maximum Gasteiger partial charge on any atom is 0.187 e. The zero-order valence-electron chi connectivity index (χ0n) is 14.4. The Morgan fingerprint density at radius 1 is 0.962 bits per heavy atom. The van der Waals surface area contributed by atoms with E-state index in [9.17, 15) is 0 Å². The van der Waals surface area contributed by atoms with Crippen LogP contribution in [0.3, 0.4) is 0 Å². The molecular formula is C19H18N2O4S. The minimum atomic E-state index is 0.567. The van der Waals surface area contributed by atoms with Crippen LogP contribution in [-0.2, 0) is 0 Å². The van der Waals surface area contributed by atoms with Crippen molar-refractivity contribution < 1.29 is 18.9 Å². The molecular weight excluding hydrogens is 352 g/mol. The Kier molecular flexibility index (Phi) is 4.53. The van der Waals surface area contributed by atoms with Crippen molar-refractivity contribution in [3.63, 3.8) is 0 Å². The van der Waals surface area contributed by atoms with E-state index < -0.39 is 0 Å². The Hall–Kier alpha value is -2.93. The van der Waals surface area contributed by atoms with Gasteiger partial charge < -0.3 is 24.3 Å². The summed E-state index contributed by atoms with van der Waals surface area (Å²) in [6.07, 6.45) is 0. The van der Waals surface area contributed by atoms with Gasteiger partial charge in [0.1, 0.15) is 13.2 Å². The molecule has 1 N–H and O–H groups in total. The lowest BCUT2D eigenvalue weighted by molar-refractivity contribution is 0.171. The van der Waals surface area contributed by atoms with Gasteiger partial charge in [-0.25, -0.2) is 4.98 Å². The Balaban J connectivity index is 1.55. The number of rotatable bonds is 5. The fraction of sp³-hybridized carbons (Fsp3) is 0.211. The quantitative estimate of drug-likeness (QED) is 0.721. The molecule has 0 saturated heterocycles. The number of thiazole rings is 1. The molecule has 1 aromatic heterocycles. The molecule has 0 fully saturated rings. The third kappa shape index (κ3) is 3.25. The molecule has 1 aliphatic heterocycles. The monoisotopic (exact) mass is 370 g/mol. The third-order valence-corrected chi connectivity index (χ3v) is 4.73. The molecule has 6 nitrogen and oxygen atoms in total. The van der Waals surface area contributed by atoms with Gasteiger partial charge in [0.2, 0.25) is 0 Å². The van der Waals surface area contributed by atoms with Crippen molar-refractivity contribution in [2.45, 2.75) is 0 Å². The van der Waals surface area contributed by atoms with Crippen LogP contribution >= 0.6 is 11.3 Å². The average molecular weight is 370 g/mol. The second-order valence-electron chi connectivity index (χ2n) is 5.59. The van der Waals surface area contributed by atoms with Gasteiger partial charge in [0, 0.05) is 22.7 Å². The predicted molar refractivity (Wildman–Crippen MR) is 101 cm³/mol. The molecule has 0 unspecified atom stereocenters. The molecule has 1 aliphatic rings. The molecule has 26 heavy (non-hydrogen) atoms. The molecule has 0 spiro atoms. The normalized spacial score (nSPS) is 12.5. The summed E-state index contributed by atoms with van der Waals surface area (Å²) in [5.74, 6) is 2.89. The van der Waals surface area contributed by atoms with E-state index in [0.717, 1.165) is 33.6 Å². The molecule has 134 valence electrons. The number of fused-ring (bicyclic) bond motifs is 1. The smallest absolute Gasteiger partial charge is 0.187 e. The molecule has 7 heteroatoms. The first-order valence-electron chi connectivity index (χ1n) is 8.11. The molecule has 2 aromatic carbocycles. The van der Waals surface area contributed by atoms with Gasteiger partial charge in [0.15, 0.2) is 28.1 Å². The van der Waals surface area contributed by atoms with Crippen LogP contribution in [0.15, 0.2) is 41.8 Å². The van der Waals surface area contributed by atoms with Gasteiger partial charge in [0.25, 0.3) is 0 Å². The number of hydrogen-bond donors (Lipinski definition) is 1. The Morgan fingerprint density at radius 3 is 2.58 bits per heavy atom. The van der Waals surface area contributed by atoms with Crippen molar-refractivity contribution in [1.82, 2.24) is 4.98 Å². The summed E-state index contributed by atoms with van der Waals surface area (Å²) in [5, 5.41) is 6.11. The number of aromatic nitrogens is 1. The Bertz CT molecular complexity index is 926. The fourth-order valence-corrected chi connectivity index (χ4v) is 3.44. The molecule has 0 amide bonds. The van der Waals surface area contributed by atoms with Crippen LogP contribution in [0.4, 0.5) is 10.8 Å². The molecule has 3 aromatic rings. The second kappa shape index (κ2) is 7.13. The van der Waals surface area contributed by atoms with Gasteiger partial charge in [-0.2, -0.15) is 0 Å². The van der Waals surface area contributed by atoms with Crippen LogP contribution in [0.25, 0.3) is 11.3 Å². The van der Waals surface area contributed by atoms with E-state index >= 15 is 0 Å². The van der Waals surface area contributed by atoms with Crippen LogP contribution < -0.4 is 24.3 Å². The van der Waals surface area contributed by atoms with E-state index in [1.165, 1.54) is 11.3 Å². The van der Waals surface area contributed by atoms with E-state index in [1.807, 2.05) is 41.8 Å². The largest absolute Gasteiger partial charge is 0.493 e. The van der Waals surface area contributed by atoms with E-state index in [-0.39, 0.29) is 0 Å². The summed E-state index contributed by atoms with van der Waals surface area (Å²) in [6.45, 7) is 1.15. The molecule has 2 heterocycles. The summed E-state index contributed by atoms with van der Waals surface area (Å²) in [5.41, 5.74) is 2.74. The first-order chi connectivity index (χ1) is 12.8. The van der Waals surface area contributed by atoms with Gasteiger partial charge in [-0.3, -0.25) is 0 Å². The van der Waals surface area contributed by atoms with Gasteiger partial charge >= 0.3 is 0 Å². The number of anilines is 2. The Labute approximate surface area is 155 Å². The van der Waals surface area contributed by atoms with Gasteiger partial charge in [-0.15, -0.1) is 11.3 Å². The number of methoxy groups -OCH3 is 2. The van der Waals surface area contributed by atoms with Crippen LogP contribution in [0.2, 0.25) is 0 Å². The van der Waals surface area contributed by atoms with Crippen LogP contribution in [0.1, 0.15) is 0 Å². The van der Waals surface area contributed by atoms with Crippen molar-refractivity contribution in [2.75, 3.05) is 32.8 Å². The highest BCUT2D eigenvalue weighted by Crippen LogP contribution is 2.36. The minimum absolute atomic E-state index is 0.567. The van der Waals surface area contributed by atoms with Crippen molar-refractivity contribution in [3.8, 4) is 34.3 Å². The summed E-state index contributed by atoms with van der Waals surface area (Å²) in [6, 6.07) is 11.5. The standard InChI is InChI=1S/C19H18N2O4S/c1-22-15-5-3-12(9-17(15)23-2)14-11-26-19(21-14)20-13-4-6-16-18(10-13)25-8-7-24-16/h3-6,9-11H,7-8H2,1-2H3,(H,20,21). The van der Waals surface area contributed by atoms with Crippen molar-refractivity contribution in [3.05, 3.63) is 41.8 Å². The molecule has 0 bridgehead atoms. The minimum Gasteiger partial charge on any atom is -0.493 e. The maximum atomic E-state index is 5.62. The zero-order valence-corrected chi connectivity index (χ0v) is 15.3. The second-order valence-corrected chi connectivity index (χ2v) is 6.45. The van der Waals surface area contributed by atoms with Crippen molar-refractivity contribution >= 4 is 22.2 Å². The molecule has 0 saturated carbocycles. The SMILES string of the molecule is COc1ccc(-c2csc(Nc3ccc4c(c3)OCCO4)n2)cc1OC. The predicted octanol–water partition coefficient (Wildman–Crippen LogP) is 4.34. The van der Waals surface area contributed by atoms with Crippen molar-refractivity contribution in [1.29, 1.82) is 0 Å². The van der Waals surface area contributed by atoms with Crippen molar-refractivity contribution in [2.24, 2.45) is 0 Å². The highest BCUT2D eigenvalue weighted by Gasteiger charge is 2.13. The van der Waals surface area contributed by atoms with Gasteiger partial charge in [0.05, 0.1) is 19.9 Å². The highest BCUT2D eigenvalue weighted by atomic mass is 32.1. The lowest BCUT2D eigenvalue weighted by Crippen LogP contribution is -2.15. The highest BCUT2D eigenvalue weighted by molar-refractivity contribution is 7.14. The number of benzene rings is 2.